The van der Waals surface area contributed by atoms with E-state index in [9.17, 15) is 4.79 Å². The quantitative estimate of drug-likeness (QED) is 0.810. The van der Waals surface area contributed by atoms with Crippen molar-refractivity contribution >= 4 is 29.1 Å². The summed E-state index contributed by atoms with van der Waals surface area (Å²) in [7, 11) is 0. The van der Waals surface area contributed by atoms with Crippen LogP contribution in [0.15, 0.2) is 42.5 Å². The summed E-state index contributed by atoms with van der Waals surface area (Å²) >= 11 is 11.9. The maximum atomic E-state index is 11.9. The van der Waals surface area contributed by atoms with E-state index in [1.165, 1.54) is 5.56 Å². The Morgan fingerprint density at radius 2 is 1.75 bits per heavy atom. The third-order valence-corrected chi connectivity index (χ3v) is 4.17. The van der Waals surface area contributed by atoms with Crippen LogP contribution < -0.4 is 10.1 Å². The Bertz CT molecular complexity index is 706. The van der Waals surface area contributed by atoms with E-state index in [4.69, 9.17) is 27.9 Å². The lowest BCUT2D eigenvalue weighted by Crippen LogP contribution is -2.28. The van der Waals surface area contributed by atoms with Gasteiger partial charge in [-0.15, -0.1) is 0 Å². The van der Waals surface area contributed by atoms with Gasteiger partial charge in [0.15, 0.2) is 6.61 Å². The molecule has 0 aliphatic heterocycles. The predicted octanol–water partition coefficient (Wildman–Crippen LogP) is 4.99. The van der Waals surface area contributed by atoms with E-state index >= 15 is 0 Å². The van der Waals surface area contributed by atoms with Gasteiger partial charge in [0.2, 0.25) is 0 Å². The predicted molar refractivity (Wildman–Crippen MR) is 98.9 cm³/mol. The summed E-state index contributed by atoms with van der Waals surface area (Å²) in [6.07, 6.45) is 0. The SMILES string of the molecule is CC(C)(C)c1ccc(OCC(=O)NCc2ccc(Cl)cc2Cl)cc1. The number of carbonyl (C=O) groups is 1. The number of rotatable bonds is 5. The summed E-state index contributed by atoms with van der Waals surface area (Å²) in [5.74, 6) is 0.462. The molecule has 0 saturated carbocycles. The van der Waals surface area contributed by atoms with Crippen LogP contribution in [-0.2, 0) is 16.8 Å². The summed E-state index contributed by atoms with van der Waals surface area (Å²) in [6, 6.07) is 13.0. The van der Waals surface area contributed by atoms with E-state index in [1.54, 1.807) is 18.2 Å². The highest BCUT2D eigenvalue weighted by molar-refractivity contribution is 6.35. The maximum Gasteiger partial charge on any atom is 0.258 e. The first-order valence-electron chi connectivity index (χ1n) is 7.69. The molecule has 0 atom stereocenters. The highest BCUT2D eigenvalue weighted by atomic mass is 35.5. The molecule has 2 aromatic rings. The zero-order valence-electron chi connectivity index (χ0n) is 14.0. The summed E-state index contributed by atoms with van der Waals surface area (Å²) in [4.78, 5) is 11.9. The second-order valence-electron chi connectivity index (χ2n) is 6.58. The van der Waals surface area contributed by atoms with Crippen LogP contribution in [0.4, 0.5) is 0 Å². The molecule has 0 unspecified atom stereocenters. The Hall–Kier alpha value is -1.71. The van der Waals surface area contributed by atoms with Gasteiger partial charge in [-0.25, -0.2) is 0 Å². The number of amides is 1. The van der Waals surface area contributed by atoms with Crippen molar-refractivity contribution in [1.29, 1.82) is 0 Å². The van der Waals surface area contributed by atoms with Gasteiger partial charge in [0.05, 0.1) is 0 Å². The van der Waals surface area contributed by atoms with Crippen molar-refractivity contribution in [2.75, 3.05) is 6.61 Å². The first-order valence-corrected chi connectivity index (χ1v) is 8.45. The second-order valence-corrected chi connectivity index (χ2v) is 7.42. The van der Waals surface area contributed by atoms with Gasteiger partial charge < -0.3 is 10.1 Å². The van der Waals surface area contributed by atoms with Crippen LogP contribution in [0.25, 0.3) is 0 Å². The maximum absolute atomic E-state index is 11.9. The molecule has 128 valence electrons. The molecule has 0 saturated heterocycles. The number of ether oxygens (including phenoxy) is 1. The van der Waals surface area contributed by atoms with Crippen molar-refractivity contribution in [2.45, 2.75) is 32.7 Å². The molecule has 3 nitrogen and oxygen atoms in total. The molecule has 0 spiro atoms. The third-order valence-electron chi connectivity index (χ3n) is 3.58. The molecular weight excluding hydrogens is 345 g/mol. The van der Waals surface area contributed by atoms with Gasteiger partial charge in [0.25, 0.3) is 5.91 Å². The second kappa shape index (κ2) is 7.91. The van der Waals surface area contributed by atoms with Crippen LogP contribution in [0.5, 0.6) is 5.75 Å². The molecule has 0 aromatic heterocycles. The molecule has 24 heavy (non-hydrogen) atoms. The molecule has 2 rings (SSSR count). The summed E-state index contributed by atoms with van der Waals surface area (Å²) in [5.41, 5.74) is 2.12. The molecule has 0 bridgehead atoms. The summed E-state index contributed by atoms with van der Waals surface area (Å²) in [5, 5.41) is 3.87. The molecule has 0 aliphatic carbocycles. The fourth-order valence-electron chi connectivity index (χ4n) is 2.11. The minimum Gasteiger partial charge on any atom is -0.484 e. The monoisotopic (exact) mass is 365 g/mol. The van der Waals surface area contributed by atoms with Crippen LogP contribution in [0, 0.1) is 0 Å². The Balaban J connectivity index is 1.83. The van der Waals surface area contributed by atoms with Gasteiger partial charge in [-0.05, 0) is 40.8 Å². The number of benzene rings is 2. The van der Waals surface area contributed by atoms with E-state index in [-0.39, 0.29) is 17.9 Å². The largest absolute Gasteiger partial charge is 0.484 e. The van der Waals surface area contributed by atoms with Crippen molar-refractivity contribution in [3.05, 3.63) is 63.6 Å². The fourth-order valence-corrected chi connectivity index (χ4v) is 2.59. The van der Waals surface area contributed by atoms with Crippen LogP contribution in [0.2, 0.25) is 10.0 Å². The Labute approximate surface area is 152 Å². The number of nitrogens with one attached hydrogen (secondary N) is 1. The average molecular weight is 366 g/mol. The lowest BCUT2D eigenvalue weighted by Gasteiger charge is -2.19. The normalized spacial score (nSPS) is 11.2. The van der Waals surface area contributed by atoms with E-state index in [1.807, 2.05) is 24.3 Å². The van der Waals surface area contributed by atoms with Gasteiger partial charge in [-0.1, -0.05) is 62.2 Å². The minimum absolute atomic E-state index is 0.0416. The third kappa shape index (κ3) is 5.43. The lowest BCUT2D eigenvalue weighted by molar-refractivity contribution is -0.123. The van der Waals surface area contributed by atoms with Gasteiger partial charge in [0, 0.05) is 16.6 Å². The summed E-state index contributed by atoms with van der Waals surface area (Å²) < 4.78 is 5.51. The molecule has 0 heterocycles. The smallest absolute Gasteiger partial charge is 0.258 e. The Morgan fingerprint density at radius 1 is 1.08 bits per heavy atom. The highest BCUT2D eigenvalue weighted by Crippen LogP contribution is 2.24. The van der Waals surface area contributed by atoms with E-state index < -0.39 is 0 Å². The number of carbonyl (C=O) groups excluding carboxylic acids is 1. The van der Waals surface area contributed by atoms with Crippen molar-refractivity contribution < 1.29 is 9.53 Å². The van der Waals surface area contributed by atoms with Crippen LogP contribution >= 0.6 is 23.2 Å². The first kappa shape index (κ1) is 18.6. The van der Waals surface area contributed by atoms with Gasteiger partial charge >= 0.3 is 0 Å². The average Bonchev–Trinajstić information content (AvgIpc) is 2.51. The number of hydrogen-bond acceptors (Lipinski definition) is 2. The Kier molecular flexibility index (Phi) is 6.14. The standard InChI is InChI=1S/C19H21Cl2NO2/c1-19(2,3)14-5-8-16(9-6-14)24-12-18(23)22-11-13-4-7-15(20)10-17(13)21/h4-10H,11-12H2,1-3H3,(H,22,23). The van der Waals surface area contributed by atoms with E-state index in [0.717, 1.165) is 5.56 Å². The highest BCUT2D eigenvalue weighted by Gasteiger charge is 2.13. The van der Waals surface area contributed by atoms with Crippen LogP contribution in [0.3, 0.4) is 0 Å². The fraction of sp³-hybridized carbons (Fsp3) is 0.316. The lowest BCUT2D eigenvalue weighted by atomic mass is 9.87. The van der Waals surface area contributed by atoms with Crippen molar-refractivity contribution in [2.24, 2.45) is 0 Å². The topological polar surface area (TPSA) is 38.3 Å². The molecule has 1 N–H and O–H groups in total. The van der Waals surface area contributed by atoms with Crippen LogP contribution in [0.1, 0.15) is 31.9 Å². The number of halogens is 2. The van der Waals surface area contributed by atoms with Gasteiger partial charge in [-0.2, -0.15) is 0 Å². The van der Waals surface area contributed by atoms with Crippen molar-refractivity contribution in [3.63, 3.8) is 0 Å². The number of hydrogen-bond donors (Lipinski definition) is 1. The van der Waals surface area contributed by atoms with Crippen molar-refractivity contribution in [1.82, 2.24) is 5.32 Å². The molecule has 0 fully saturated rings. The van der Waals surface area contributed by atoms with Crippen molar-refractivity contribution in [3.8, 4) is 5.75 Å². The van der Waals surface area contributed by atoms with E-state index in [0.29, 0.717) is 22.3 Å². The van der Waals surface area contributed by atoms with Crippen LogP contribution in [-0.4, -0.2) is 12.5 Å². The molecule has 2 aromatic carbocycles. The van der Waals surface area contributed by atoms with Gasteiger partial charge in [-0.3, -0.25) is 4.79 Å². The first-order chi connectivity index (χ1) is 11.3. The Morgan fingerprint density at radius 3 is 2.33 bits per heavy atom. The molecular formula is C19H21Cl2NO2. The molecule has 5 heteroatoms. The molecule has 1 amide bonds. The molecule has 0 aliphatic rings. The van der Waals surface area contributed by atoms with E-state index in [2.05, 4.69) is 26.1 Å². The molecule has 0 radical (unpaired) electrons. The zero-order chi connectivity index (χ0) is 17.7. The zero-order valence-corrected chi connectivity index (χ0v) is 15.5. The summed E-state index contributed by atoms with van der Waals surface area (Å²) in [6.45, 7) is 6.75. The van der Waals surface area contributed by atoms with Gasteiger partial charge in [0.1, 0.15) is 5.75 Å². The minimum atomic E-state index is -0.207.